The molecule has 0 saturated heterocycles. The number of hydrogen-bond acceptors (Lipinski definition) is 3. The predicted molar refractivity (Wildman–Crippen MR) is 69.3 cm³/mol. The Hall–Kier alpha value is -1.84. The Kier molecular flexibility index (Phi) is 5.36. The average Bonchev–Trinajstić information content (AvgIpc) is 2.32. The number of carbonyl (C=O) groups excluding carboxylic acids is 2. The summed E-state index contributed by atoms with van der Waals surface area (Å²) in [6, 6.07) is 6.18. The molecule has 0 saturated carbocycles. The fraction of sp³-hybridized carbons (Fsp3) is 0.429. The SMILES string of the molecule is CCOC(=O)C(=O)NCCc1ccc(C)cc1C. The summed E-state index contributed by atoms with van der Waals surface area (Å²) in [5, 5.41) is 2.54. The number of hydrogen-bond donors (Lipinski definition) is 1. The monoisotopic (exact) mass is 249 g/mol. The van der Waals surface area contributed by atoms with E-state index in [4.69, 9.17) is 0 Å². The van der Waals surface area contributed by atoms with Gasteiger partial charge in [0.25, 0.3) is 0 Å². The Bertz CT molecular complexity index is 441. The zero-order chi connectivity index (χ0) is 13.5. The first-order chi connectivity index (χ1) is 8.54. The third-order valence-corrected chi connectivity index (χ3v) is 2.64. The standard InChI is InChI=1S/C14H19NO3/c1-4-18-14(17)13(16)15-8-7-12-6-5-10(2)9-11(12)3/h5-6,9H,4,7-8H2,1-3H3,(H,15,16). The third kappa shape index (κ3) is 4.20. The van der Waals surface area contributed by atoms with Gasteiger partial charge in [0.15, 0.2) is 0 Å². The molecule has 0 fully saturated rings. The molecule has 0 radical (unpaired) electrons. The molecule has 0 aliphatic carbocycles. The zero-order valence-electron chi connectivity index (χ0n) is 11.1. The van der Waals surface area contributed by atoms with Crippen molar-refractivity contribution in [2.75, 3.05) is 13.2 Å². The minimum atomic E-state index is -0.821. The Morgan fingerprint density at radius 3 is 2.61 bits per heavy atom. The largest absolute Gasteiger partial charge is 0.459 e. The van der Waals surface area contributed by atoms with Crippen LogP contribution in [-0.2, 0) is 20.7 Å². The Morgan fingerprint density at radius 2 is 2.00 bits per heavy atom. The van der Waals surface area contributed by atoms with Gasteiger partial charge in [0.05, 0.1) is 6.61 Å². The van der Waals surface area contributed by atoms with Crippen LogP contribution in [-0.4, -0.2) is 25.0 Å². The van der Waals surface area contributed by atoms with Crippen molar-refractivity contribution in [2.24, 2.45) is 0 Å². The molecular weight excluding hydrogens is 230 g/mol. The normalized spacial score (nSPS) is 9.94. The van der Waals surface area contributed by atoms with Gasteiger partial charge in [-0.3, -0.25) is 4.79 Å². The van der Waals surface area contributed by atoms with Crippen molar-refractivity contribution in [2.45, 2.75) is 27.2 Å². The number of benzene rings is 1. The van der Waals surface area contributed by atoms with E-state index < -0.39 is 11.9 Å². The van der Waals surface area contributed by atoms with Gasteiger partial charge in [0.2, 0.25) is 0 Å². The van der Waals surface area contributed by atoms with Gasteiger partial charge in [0, 0.05) is 6.54 Å². The molecule has 98 valence electrons. The van der Waals surface area contributed by atoms with Gasteiger partial charge in [-0.15, -0.1) is 0 Å². The summed E-state index contributed by atoms with van der Waals surface area (Å²) in [6.45, 7) is 6.39. The molecule has 0 heterocycles. The lowest BCUT2D eigenvalue weighted by Crippen LogP contribution is -2.33. The van der Waals surface area contributed by atoms with Crippen LogP contribution in [0.25, 0.3) is 0 Å². The molecule has 0 aromatic heterocycles. The second kappa shape index (κ2) is 6.79. The molecule has 0 unspecified atom stereocenters. The van der Waals surface area contributed by atoms with E-state index in [1.165, 1.54) is 16.7 Å². The third-order valence-electron chi connectivity index (χ3n) is 2.64. The van der Waals surface area contributed by atoms with Gasteiger partial charge in [-0.05, 0) is 38.3 Å². The quantitative estimate of drug-likeness (QED) is 0.650. The van der Waals surface area contributed by atoms with Crippen molar-refractivity contribution in [1.82, 2.24) is 5.32 Å². The summed E-state index contributed by atoms with van der Waals surface area (Å²) in [7, 11) is 0. The maximum Gasteiger partial charge on any atom is 0.396 e. The molecule has 1 N–H and O–H groups in total. The van der Waals surface area contributed by atoms with Crippen LogP contribution in [0.3, 0.4) is 0 Å². The second-order valence-electron chi connectivity index (χ2n) is 4.16. The van der Waals surface area contributed by atoms with Crippen LogP contribution >= 0.6 is 0 Å². The fourth-order valence-electron chi connectivity index (χ4n) is 1.71. The lowest BCUT2D eigenvalue weighted by Gasteiger charge is -2.08. The van der Waals surface area contributed by atoms with Crippen molar-refractivity contribution in [3.05, 3.63) is 34.9 Å². The number of carbonyl (C=O) groups is 2. The van der Waals surface area contributed by atoms with E-state index in [9.17, 15) is 9.59 Å². The van der Waals surface area contributed by atoms with E-state index in [1.807, 2.05) is 26.0 Å². The maximum absolute atomic E-state index is 11.3. The number of rotatable bonds is 4. The Labute approximate surface area is 107 Å². The molecule has 0 aliphatic heterocycles. The fourth-order valence-corrected chi connectivity index (χ4v) is 1.71. The van der Waals surface area contributed by atoms with Crippen molar-refractivity contribution < 1.29 is 14.3 Å². The maximum atomic E-state index is 11.3. The van der Waals surface area contributed by atoms with E-state index in [0.29, 0.717) is 13.0 Å². The van der Waals surface area contributed by atoms with Gasteiger partial charge in [-0.2, -0.15) is 0 Å². The first-order valence-corrected chi connectivity index (χ1v) is 6.05. The summed E-state index contributed by atoms with van der Waals surface area (Å²) in [5.41, 5.74) is 3.58. The summed E-state index contributed by atoms with van der Waals surface area (Å²) >= 11 is 0. The van der Waals surface area contributed by atoms with Crippen LogP contribution in [0.4, 0.5) is 0 Å². The molecule has 4 nitrogen and oxygen atoms in total. The van der Waals surface area contributed by atoms with Gasteiger partial charge in [0.1, 0.15) is 0 Å². The van der Waals surface area contributed by atoms with E-state index in [2.05, 4.69) is 16.1 Å². The van der Waals surface area contributed by atoms with Crippen molar-refractivity contribution >= 4 is 11.9 Å². The lowest BCUT2D eigenvalue weighted by molar-refractivity contribution is -0.154. The molecule has 0 bridgehead atoms. The predicted octanol–water partition coefficient (Wildman–Crippen LogP) is 1.53. The van der Waals surface area contributed by atoms with Crippen LogP contribution < -0.4 is 5.32 Å². The number of ether oxygens (including phenoxy) is 1. The lowest BCUT2D eigenvalue weighted by atomic mass is 10.0. The van der Waals surface area contributed by atoms with Crippen LogP contribution in [0, 0.1) is 13.8 Å². The van der Waals surface area contributed by atoms with Crippen molar-refractivity contribution in [3.8, 4) is 0 Å². The average molecular weight is 249 g/mol. The van der Waals surface area contributed by atoms with E-state index in [-0.39, 0.29) is 6.61 Å². The van der Waals surface area contributed by atoms with Crippen LogP contribution in [0.5, 0.6) is 0 Å². The zero-order valence-corrected chi connectivity index (χ0v) is 11.1. The molecule has 1 amide bonds. The second-order valence-corrected chi connectivity index (χ2v) is 4.16. The molecule has 1 aromatic carbocycles. The van der Waals surface area contributed by atoms with E-state index in [0.717, 1.165) is 0 Å². The highest BCUT2D eigenvalue weighted by Gasteiger charge is 2.13. The highest BCUT2D eigenvalue weighted by molar-refractivity contribution is 6.32. The van der Waals surface area contributed by atoms with Gasteiger partial charge in [-0.1, -0.05) is 23.8 Å². The topological polar surface area (TPSA) is 55.4 Å². The highest BCUT2D eigenvalue weighted by Crippen LogP contribution is 2.10. The molecule has 0 spiro atoms. The van der Waals surface area contributed by atoms with E-state index >= 15 is 0 Å². The molecule has 18 heavy (non-hydrogen) atoms. The molecule has 0 atom stereocenters. The molecular formula is C14H19NO3. The number of nitrogens with one attached hydrogen (secondary N) is 1. The summed E-state index contributed by atoms with van der Waals surface area (Å²) < 4.78 is 4.59. The number of esters is 1. The first-order valence-electron chi connectivity index (χ1n) is 6.05. The molecule has 0 aliphatic rings. The van der Waals surface area contributed by atoms with Crippen molar-refractivity contribution in [3.63, 3.8) is 0 Å². The summed E-state index contributed by atoms with van der Waals surface area (Å²) in [6.07, 6.45) is 0.706. The first kappa shape index (κ1) is 14.2. The Balaban J connectivity index is 2.42. The van der Waals surface area contributed by atoms with Crippen LogP contribution in [0.2, 0.25) is 0 Å². The van der Waals surface area contributed by atoms with Gasteiger partial charge < -0.3 is 10.1 Å². The minimum Gasteiger partial charge on any atom is -0.459 e. The van der Waals surface area contributed by atoms with Crippen LogP contribution in [0.15, 0.2) is 18.2 Å². The smallest absolute Gasteiger partial charge is 0.396 e. The molecule has 1 aromatic rings. The van der Waals surface area contributed by atoms with Crippen molar-refractivity contribution in [1.29, 1.82) is 0 Å². The molecule has 1 rings (SSSR count). The van der Waals surface area contributed by atoms with Crippen LogP contribution in [0.1, 0.15) is 23.6 Å². The van der Waals surface area contributed by atoms with Gasteiger partial charge in [-0.25, -0.2) is 4.79 Å². The highest BCUT2D eigenvalue weighted by atomic mass is 16.5. The van der Waals surface area contributed by atoms with E-state index in [1.54, 1.807) is 6.92 Å². The summed E-state index contributed by atoms with van der Waals surface area (Å²) in [5.74, 6) is -1.50. The number of amides is 1. The minimum absolute atomic E-state index is 0.212. The Morgan fingerprint density at radius 1 is 1.28 bits per heavy atom. The molecule has 4 heteroatoms. The van der Waals surface area contributed by atoms with Gasteiger partial charge >= 0.3 is 11.9 Å². The summed E-state index contributed by atoms with van der Waals surface area (Å²) in [4.78, 5) is 22.3. The number of aryl methyl sites for hydroxylation is 2.